The van der Waals surface area contributed by atoms with Gasteiger partial charge in [-0.05, 0) is 69.6 Å². The van der Waals surface area contributed by atoms with E-state index in [0.29, 0.717) is 5.56 Å². The fraction of sp³-hybridized carbons (Fsp3) is 0.409. The third kappa shape index (κ3) is 6.19. The lowest BCUT2D eigenvalue weighted by atomic mass is 9.99. The zero-order valence-corrected chi connectivity index (χ0v) is 16.0. The maximum atomic E-state index is 11.9. The Morgan fingerprint density at radius 1 is 0.923 bits per heavy atom. The van der Waals surface area contributed by atoms with Gasteiger partial charge in [0.15, 0.2) is 0 Å². The molecule has 4 heteroatoms. The van der Waals surface area contributed by atoms with Crippen molar-refractivity contribution in [1.82, 2.24) is 4.90 Å². The van der Waals surface area contributed by atoms with Gasteiger partial charge in [0.05, 0.1) is 19.3 Å². The fourth-order valence-electron chi connectivity index (χ4n) is 2.88. The molecule has 0 spiro atoms. The van der Waals surface area contributed by atoms with Gasteiger partial charge in [0.2, 0.25) is 0 Å². The zero-order valence-electron chi connectivity index (χ0n) is 16.0. The van der Waals surface area contributed by atoms with Crippen molar-refractivity contribution >= 4 is 5.97 Å². The van der Waals surface area contributed by atoms with Gasteiger partial charge in [0.25, 0.3) is 0 Å². The van der Waals surface area contributed by atoms with Crippen LogP contribution in [0.25, 0.3) is 0 Å². The van der Waals surface area contributed by atoms with Gasteiger partial charge in [0.1, 0.15) is 5.75 Å². The van der Waals surface area contributed by atoms with Crippen LogP contribution >= 0.6 is 0 Å². The highest BCUT2D eigenvalue weighted by Gasteiger charge is 2.12. The van der Waals surface area contributed by atoms with Crippen molar-refractivity contribution in [2.45, 2.75) is 25.7 Å². The minimum atomic E-state index is -0.286. The Kier molecular flexibility index (Phi) is 8.16. The predicted octanol–water partition coefficient (Wildman–Crippen LogP) is 3.98. The minimum absolute atomic E-state index is 0.286. The number of rotatable bonds is 10. The molecule has 0 aromatic heterocycles. The van der Waals surface area contributed by atoms with Crippen LogP contribution in [-0.2, 0) is 17.6 Å². The standard InChI is InChI=1S/C22H29NO3/c1-23(2)16-8-9-17-26-21-13-7-5-11-19(21)15-14-18-10-4-6-12-20(18)22(24)25-3/h4-7,10-13H,8-9,14-17H2,1-3H3. The molecule has 0 unspecified atom stereocenters. The second-order valence-electron chi connectivity index (χ2n) is 6.62. The Balaban J connectivity index is 1.95. The van der Waals surface area contributed by atoms with Crippen LogP contribution in [0.5, 0.6) is 5.75 Å². The van der Waals surface area contributed by atoms with E-state index in [9.17, 15) is 4.79 Å². The number of nitrogens with zero attached hydrogens (tertiary/aromatic N) is 1. The first-order chi connectivity index (χ1) is 12.6. The normalized spacial score (nSPS) is 10.8. The van der Waals surface area contributed by atoms with Gasteiger partial charge in [-0.1, -0.05) is 36.4 Å². The molecule has 0 aliphatic carbocycles. The summed E-state index contributed by atoms with van der Waals surface area (Å²) in [5.74, 6) is 0.652. The summed E-state index contributed by atoms with van der Waals surface area (Å²) >= 11 is 0. The lowest BCUT2D eigenvalue weighted by molar-refractivity contribution is 0.0599. The fourth-order valence-corrected chi connectivity index (χ4v) is 2.88. The van der Waals surface area contributed by atoms with Crippen molar-refractivity contribution < 1.29 is 14.3 Å². The van der Waals surface area contributed by atoms with Crippen LogP contribution in [0.3, 0.4) is 0 Å². The molecule has 0 radical (unpaired) electrons. The monoisotopic (exact) mass is 355 g/mol. The number of carbonyl (C=O) groups excluding carboxylic acids is 1. The third-order valence-electron chi connectivity index (χ3n) is 4.32. The first-order valence-corrected chi connectivity index (χ1v) is 9.13. The van der Waals surface area contributed by atoms with Crippen LogP contribution in [0.15, 0.2) is 48.5 Å². The number of carbonyl (C=O) groups is 1. The van der Waals surface area contributed by atoms with Crippen LogP contribution in [-0.4, -0.2) is 45.2 Å². The molecular formula is C22H29NO3. The average Bonchev–Trinajstić information content (AvgIpc) is 2.66. The number of benzene rings is 2. The second kappa shape index (κ2) is 10.6. The molecule has 0 bridgehead atoms. The van der Waals surface area contributed by atoms with Gasteiger partial charge in [-0.25, -0.2) is 4.79 Å². The molecule has 0 N–H and O–H groups in total. The number of para-hydroxylation sites is 1. The van der Waals surface area contributed by atoms with Gasteiger partial charge in [0, 0.05) is 0 Å². The molecule has 0 amide bonds. The van der Waals surface area contributed by atoms with Gasteiger partial charge in [-0.3, -0.25) is 0 Å². The Morgan fingerprint density at radius 2 is 1.58 bits per heavy atom. The topological polar surface area (TPSA) is 38.8 Å². The lowest BCUT2D eigenvalue weighted by Crippen LogP contribution is -2.13. The Morgan fingerprint density at radius 3 is 2.31 bits per heavy atom. The van der Waals surface area contributed by atoms with E-state index in [0.717, 1.165) is 50.1 Å². The van der Waals surface area contributed by atoms with Crippen LogP contribution in [0.4, 0.5) is 0 Å². The lowest BCUT2D eigenvalue weighted by Gasteiger charge is -2.13. The molecule has 0 heterocycles. The Labute approximate surface area is 156 Å². The summed E-state index contributed by atoms with van der Waals surface area (Å²) in [7, 11) is 5.59. The van der Waals surface area contributed by atoms with Crippen LogP contribution in [0, 0.1) is 0 Å². The number of unbranched alkanes of at least 4 members (excludes halogenated alkanes) is 1. The van der Waals surface area contributed by atoms with Gasteiger partial charge in [-0.15, -0.1) is 0 Å². The van der Waals surface area contributed by atoms with E-state index >= 15 is 0 Å². The summed E-state index contributed by atoms with van der Waals surface area (Å²) in [5.41, 5.74) is 2.80. The van der Waals surface area contributed by atoms with Crippen molar-refractivity contribution in [3.05, 3.63) is 65.2 Å². The van der Waals surface area contributed by atoms with E-state index in [-0.39, 0.29) is 5.97 Å². The number of ether oxygens (including phenoxy) is 2. The van der Waals surface area contributed by atoms with E-state index in [4.69, 9.17) is 9.47 Å². The molecule has 2 rings (SSSR count). The molecule has 2 aromatic carbocycles. The number of hydrogen-bond acceptors (Lipinski definition) is 4. The molecular weight excluding hydrogens is 326 g/mol. The molecule has 0 atom stereocenters. The molecule has 0 aliphatic rings. The van der Waals surface area contributed by atoms with E-state index in [1.165, 1.54) is 12.7 Å². The summed E-state index contributed by atoms with van der Waals surface area (Å²) in [6.45, 7) is 1.80. The van der Waals surface area contributed by atoms with E-state index in [2.05, 4.69) is 25.1 Å². The summed E-state index contributed by atoms with van der Waals surface area (Å²) in [5, 5.41) is 0. The number of esters is 1. The van der Waals surface area contributed by atoms with Crippen LogP contribution in [0.2, 0.25) is 0 Å². The molecule has 4 nitrogen and oxygen atoms in total. The van der Waals surface area contributed by atoms with E-state index in [1.807, 2.05) is 42.5 Å². The summed E-state index contributed by atoms with van der Waals surface area (Å²) in [6, 6.07) is 15.8. The van der Waals surface area contributed by atoms with Crippen LogP contribution in [0.1, 0.15) is 34.3 Å². The number of aryl methyl sites for hydroxylation is 2. The Hall–Kier alpha value is -2.33. The maximum Gasteiger partial charge on any atom is 0.338 e. The van der Waals surface area contributed by atoms with Crippen molar-refractivity contribution in [3.63, 3.8) is 0 Å². The van der Waals surface area contributed by atoms with Gasteiger partial charge < -0.3 is 14.4 Å². The van der Waals surface area contributed by atoms with Crippen molar-refractivity contribution in [1.29, 1.82) is 0 Å². The van der Waals surface area contributed by atoms with Gasteiger partial charge >= 0.3 is 5.97 Å². The molecule has 0 fully saturated rings. The average molecular weight is 355 g/mol. The number of hydrogen-bond donors (Lipinski definition) is 0. The summed E-state index contributed by atoms with van der Waals surface area (Å²) in [6.07, 6.45) is 3.76. The third-order valence-corrected chi connectivity index (χ3v) is 4.32. The summed E-state index contributed by atoms with van der Waals surface area (Å²) in [4.78, 5) is 14.1. The predicted molar refractivity (Wildman–Crippen MR) is 105 cm³/mol. The van der Waals surface area contributed by atoms with E-state index < -0.39 is 0 Å². The molecule has 0 aliphatic heterocycles. The minimum Gasteiger partial charge on any atom is -0.493 e. The smallest absolute Gasteiger partial charge is 0.338 e. The van der Waals surface area contributed by atoms with Gasteiger partial charge in [-0.2, -0.15) is 0 Å². The quantitative estimate of drug-likeness (QED) is 0.477. The molecule has 2 aromatic rings. The molecule has 26 heavy (non-hydrogen) atoms. The first kappa shape index (κ1) is 20.0. The van der Waals surface area contributed by atoms with Crippen molar-refractivity contribution in [3.8, 4) is 5.75 Å². The maximum absolute atomic E-state index is 11.9. The highest BCUT2D eigenvalue weighted by Crippen LogP contribution is 2.21. The SMILES string of the molecule is COC(=O)c1ccccc1CCc1ccccc1OCCCCN(C)C. The number of methoxy groups -OCH3 is 1. The molecule has 140 valence electrons. The van der Waals surface area contributed by atoms with Crippen molar-refractivity contribution in [2.24, 2.45) is 0 Å². The van der Waals surface area contributed by atoms with E-state index in [1.54, 1.807) is 0 Å². The Bertz CT molecular complexity index is 697. The molecule has 0 saturated carbocycles. The molecule has 0 saturated heterocycles. The van der Waals surface area contributed by atoms with Crippen molar-refractivity contribution in [2.75, 3.05) is 34.4 Å². The first-order valence-electron chi connectivity index (χ1n) is 9.13. The van der Waals surface area contributed by atoms with Crippen LogP contribution < -0.4 is 4.74 Å². The highest BCUT2D eigenvalue weighted by atomic mass is 16.5. The zero-order chi connectivity index (χ0) is 18.8. The largest absolute Gasteiger partial charge is 0.493 e. The summed E-state index contributed by atoms with van der Waals surface area (Å²) < 4.78 is 10.9. The highest BCUT2D eigenvalue weighted by molar-refractivity contribution is 5.90. The second-order valence-corrected chi connectivity index (χ2v) is 6.62.